The van der Waals surface area contributed by atoms with Gasteiger partial charge in [0.2, 0.25) is 0 Å². The summed E-state index contributed by atoms with van der Waals surface area (Å²) in [6, 6.07) is 13.6. The second-order valence-electron chi connectivity index (χ2n) is 5.61. The number of rotatable bonds is 5. The fourth-order valence-corrected chi connectivity index (χ4v) is 2.08. The van der Waals surface area contributed by atoms with Gasteiger partial charge in [0.25, 0.3) is 5.91 Å². The lowest BCUT2D eigenvalue weighted by Gasteiger charge is -2.22. The van der Waals surface area contributed by atoms with Crippen molar-refractivity contribution in [3.63, 3.8) is 0 Å². The number of hydrogen-bond acceptors (Lipinski definition) is 4. The molecule has 5 nitrogen and oxygen atoms in total. The van der Waals surface area contributed by atoms with E-state index in [-0.39, 0.29) is 6.61 Å². The minimum absolute atomic E-state index is 0.213. The molecule has 0 fully saturated rings. The van der Waals surface area contributed by atoms with Crippen LogP contribution in [0.2, 0.25) is 5.02 Å². The highest BCUT2D eigenvalue weighted by Gasteiger charge is 2.31. The lowest BCUT2D eigenvalue weighted by atomic mass is 10.1. The quantitative estimate of drug-likeness (QED) is 0.872. The van der Waals surface area contributed by atoms with Crippen LogP contribution in [0, 0.1) is 18.3 Å². The summed E-state index contributed by atoms with van der Waals surface area (Å²) in [5, 5.41) is 22.4. The second-order valence-corrected chi connectivity index (χ2v) is 6.05. The molecule has 2 aromatic carbocycles. The van der Waals surface area contributed by atoms with E-state index in [0.29, 0.717) is 22.0 Å². The number of amides is 1. The Morgan fingerprint density at radius 2 is 2.00 bits per heavy atom. The molecule has 6 heteroatoms. The van der Waals surface area contributed by atoms with Gasteiger partial charge in [-0.3, -0.25) is 4.79 Å². The Morgan fingerprint density at radius 3 is 2.58 bits per heavy atom. The van der Waals surface area contributed by atoms with E-state index in [9.17, 15) is 9.90 Å². The van der Waals surface area contributed by atoms with Crippen molar-refractivity contribution >= 4 is 23.2 Å². The van der Waals surface area contributed by atoms with Crippen LogP contribution in [0.3, 0.4) is 0 Å². The van der Waals surface area contributed by atoms with E-state index < -0.39 is 11.5 Å². The van der Waals surface area contributed by atoms with E-state index in [1.807, 2.05) is 0 Å². The average Bonchev–Trinajstić information content (AvgIpc) is 2.54. The summed E-state index contributed by atoms with van der Waals surface area (Å²) < 4.78 is 5.43. The smallest absolute Gasteiger partial charge is 0.259 e. The van der Waals surface area contributed by atoms with Gasteiger partial charge in [-0.25, -0.2) is 0 Å². The van der Waals surface area contributed by atoms with Crippen LogP contribution in [0.25, 0.3) is 0 Å². The van der Waals surface area contributed by atoms with Crippen molar-refractivity contribution in [1.29, 1.82) is 5.26 Å². The topological polar surface area (TPSA) is 82.3 Å². The maximum absolute atomic E-state index is 12.2. The number of halogens is 1. The molecule has 0 aliphatic rings. The van der Waals surface area contributed by atoms with Gasteiger partial charge in [0.1, 0.15) is 12.4 Å². The molecule has 2 N–H and O–H groups in total. The Morgan fingerprint density at radius 1 is 1.33 bits per heavy atom. The van der Waals surface area contributed by atoms with Crippen LogP contribution in [0.4, 0.5) is 5.69 Å². The Hall–Kier alpha value is -2.55. The third kappa shape index (κ3) is 4.48. The molecule has 2 aromatic rings. The third-order valence-corrected chi connectivity index (χ3v) is 3.68. The highest BCUT2D eigenvalue weighted by Crippen LogP contribution is 2.19. The number of nitrogens with one attached hydrogen (secondary N) is 1. The highest BCUT2D eigenvalue weighted by molar-refractivity contribution is 6.30. The predicted molar refractivity (Wildman–Crippen MR) is 92.1 cm³/mol. The zero-order valence-electron chi connectivity index (χ0n) is 13.3. The number of aliphatic hydroxyl groups is 1. The molecule has 124 valence electrons. The monoisotopic (exact) mass is 344 g/mol. The molecule has 0 spiro atoms. The summed E-state index contributed by atoms with van der Waals surface area (Å²) in [5.74, 6) is -0.0951. The van der Waals surface area contributed by atoms with Crippen molar-refractivity contribution < 1.29 is 14.6 Å². The van der Waals surface area contributed by atoms with Gasteiger partial charge in [-0.2, -0.15) is 5.26 Å². The van der Waals surface area contributed by atoms with Gasteiger partial charge in [0.15, 0.2) is 5.60 Å². The standard InChI is InChI=1S/C18H17ClN2O3/c1-12-9-15(6-3-13(12)10-20)21-17(22)18(2,23)11-24-16-7-4-14(19)5-8-16/h3-9,23H,11H2,1-2H3,(H,21,22)/t18-/m0/s1. The average molecular weight is 345 g/mol. The highest BCUT2D eigenvalue weighted by atomic mass is 35.5. The molecule has 1 amide bonds. The van der Waals surface area contributed by atoms with E-state index in [2.05, 4.69) is 11.4 Å². The van der Waals surface area contributed by atoms with Crippen molar-refractivity contribution in [3.8, 4) is 11.8 Å². The fourth-order valence-electron chi connectivity index (χ4n) is 1.95. The lowest BCUT2D eigenvalue weighted by molar-refractivity contribution is -0.135. The molecule has 0 aliphatic carbocycles. The summed E-state index contributed by atoms with van der Waals surface area (Å²) >= 11 is 5.79. The summed E-state index contributed by atoms with van der Waals surface area (Å²) in [5.41, 5.74) is 0.0583. The zero-order valence-corrected chi connectivity index (χ0v) is 14.1. The van der Waals surface area contributed by atoms with Gasteiger partial charge in [-0.05, 0) is 61.9 Å². The number of carbonyl (C=O) groups is 1. The van der Waals surface area contributed by atoms with E-state index in [1.165, 1.54) is 6.92 Å². The van der Waals surface area contributed by atoms with Gasteiger partial charge in [0.05, 0.1) is 11.6 Å². The number of aryl methyl sites for hydroxylation is 1. The second kappa shape index (κ2) is 7.35. The number of ether oxygens (including phenoxy) is 1. The van der Waals surface area contributed by atoms with Gasteiger partial charge in [-0.1, -0.05) is 11.6 Å². The largest absolute Gasteiger partial charge is 0.490 e. The van der Waals surface area contributed by atoms with Crippen LogP contribution in [0.15, 0.2) is 42.5 Å². The summed E-state index contributed by atoms with van der Waals surface area (Å²) in [6.45, 7) is 2.93. The van der Waals surface area contributed by atoms with E-state index in [0.717, 1.165) is 5.56 Å². The van der Waals surface area contributed by atoms with Crippen LogP contribution < -0.4 is 10.1 Å². The number of nitrogens with zero attached hydrogens (tertiary/aromatic N) is 1. The minimum atomic E-state index is -1.72. The molecule has 0 heterocycles. The maximum atomic E-state index is 12.2. The van der Waals surface area contributed by atoms with Crippen molar-refractivity contribution in [3.05, 3.63) is 58.6 Å². The summed E-state index contributed by atoms with van der Waals surface area (Å²) in [7, 11) is 0. The van der Waals surface area contributed by atoms with Crippen LogP contribution in [-0.2, 0) is 4.79 Å². The van der Waals surface area contributed by atoms with Gasteiger partial charge >= 0.3 is 0 Å². The Kier molecular flexibility index (Phi) is 5.45. The molecule has 0 saturated carbocycles. The molecule has 0 saturated heterocycles. The first-order valence-corrected chi connectivity index (χ1v) is 7.62. The lowest BCUT2D eigenvalue weighted by Crippen LogP contribution is -2.45. The SMILES string of the molecule is Cc1cc(NC(=O)[C@@](C)(O)COc2ccc(Cl)cc2)ccc1C#N. The Bertz CT molecular complexity index is 780. The molecule has 0 aliphatic heterocycles. The number of anilines is 1. The number of carbonyl (C=O) groups excluding carboxylic acids is 1. The van der Waals surface area contributed by atoms with Crippen molar-refractivity contribution in [2.45, 2.75) is 19.4 Å². The molecular formula is C18H17ClN2O3. The van der Waals surface area contributed by atoms with Crippen LogP contribution in [0.5, 0.6) is 5.75 Å². The molecule has 0 unspecified atom stereocenters. The van der Waals surface area contributed by atoms with Crippen LogP contribution >= 0.6 is 11.6 Å². The first-order chi connectivity index (χ1) is 11.3. The van der Waals surface area contributed by atoms with Crippen molar-refractivity contribution in [2.75, 3.05) is 11.9 Å². The maximum Gasteiger partial charge on any atom is 0.259 e. The molecule has 0 aromatic heterocycles. The molecule has 2 rings (SSSR count). The number of benzene rings is 2. The van der Waals surface area contributed by atoms with Gasteiger partial charge < -0.3 is 15.2 Å². The normalized spacial score (nSPS) is 12.8. The predicted octanol–water partition coefficient (Wildman–Crippen LogP) is 3.29. The van der Waals surface area contributed by atoms with Crippen molar-refractivity contribution in [1.82, 2.24) is 0 Å². The fraction of sp³-hybridized carbons (Fsp3) is 0.222. The van der Waals surface area contributed by atoms with Crippen LogP contribution in [0.1, 0.15) is 18.1 Å². The van der Waals surface area contributed by atoms with Crippen LogP contribution in [-0.4, -0.2) is 23.2 Å². The summed E-state index contributed by atoms with van der Waals surface area (Å²) in [6.07, 6.45) is 0. The number of nitriles is 1. The van der Waals surface area contributed by atoms with E-state index in [1.54, 1.807) is 49.4 Å². The van der Waals surface area contributed by atoms with Gasteiger partial charge in [0, 0.05) is 10.7 Å². The summed E-state index contributed by atoms with van der Waals surface area (Å²) in [4.78, 5) is 12.2. The number of hydrogen-bond donors (Lipinski definition) is 2. The third-order valence-electron chi connectivity index (χ3n) is 3.43. The molecule has 0 radical (unpaired) electrons. The molecule has 0 bridgehead atoms. The first kappa shape index (κ1) is 17.8. The minimum Gasteiger partial charge on any atom is -0.490 e. The molecular weight excluding hydrogens is 328 g/mol. The van der Waals surface area contributed by atoms with Crippen molar-refractivity contribution in [2.24, 2.45) is 0 Å². The Balaban J connectivity index is 2.00. The van der Waals surface area contributed by atoms with Gasteiger partial charge in [-0.15, -0.1) is 0 Å². The first-order valence-electron chi connectivity index (χ1n) is 7.25. The van der Waals surface area contributed by atoms with E-state index in [4.69, 9.17) is 21.6 Å². The van der Waals surface area contributed by atoms with E-state index >= 15 is 0 Å². The Labute approximate surface area is 145 Å². The zero-order chi connectivity index (χ0) is 17.7. The molecule has 24 heavy (non-hydrogen) atoms. The molecule has 1 atom stereocenters.